The number of nitrogens with zero attached hydrogens (tertiary/aromatic N) is 2. The van der Waals surface area contributed by atoms with Crippen LogP contribution in [0.4, 0.5) is 0 Å². The number of benzene rings is 1. The van der Waals surface area contributed by atoms with Gasteiger partial charge in [0.1, 0.15) is 0 Å². The molecule has 0 atom stereocenters. The lowest BCUT2D eigenvalue weighted by molar-refractivity contribution is 0.100. The topological polar surface area (TPSA) is 99.5 Å². The highest BCUT2D eigenvalue weighted by molar-refractivity contribution is 7.89. The summed E-state index contributed by atoms with van der Waals surface area (Å²) in [5, 5.41) is 3.13. The average molecular weight is 489 g/mol. The van der Waals surface area contributed by atoms with Crippen LogP contribution in [0.2, 0.25) is 0 Å². The number of piperidine rings is 1. The summed E-state index contributed by atoms with van der Waals surface area (Å²) in [6, 6.07) is 6.19. The molecule has 178 valence electrons. The van der Waals surface area contributed by atoms with Gasteiger partial charge in [0.05, 0.1) is 16.8 Å². The van der Waals surface area contributed by atoms with Crippen molar-refractivity contribution in [2.24, 2.45) is 5.73 Å². The molecule has 3 heterocycles. The molecule has 0 aliphatic carbocycles. The van der Waals surface area contributed by atoms with Gasteiger partial charge in [-0.25, -0.2) is 12.7 Å². The van der Waals surface area contributed by atoms with Crippen molar-refractivity contribution in [3.05, 3.63) is 45.8 Å². The van der Waals surface area contributed by atoms with Crippen LogP contribution in [0.5, 0.6) is 0 Å². The van der Waals surface area contributed by atoms with Gasteiger partial charge < -0.3 is 15.6 Å². The number of aromatic amines is 1. The minimum Gasteiger partial charge on any atom is -0.366 e. The van der Waals surface area contributed by atoms with Gasteiger partial charge in [-0.1, -0.05) is 6.92 Å². The van der Waals surface area contributed by atoms with E-state index in [2.05, 4.69) is 41.4 Å². The molecule has 1 amide bonds. The Morgan fingerprint density at radius 1 is 1.21 bits per heavy atom. The number of hydrogen-bond donors (Lipinski definition) is 2. The summed E-state index contributed by atoms with van der Waals surface area (Å²) < 4.78 is 26.1. The minimum absolute atomic E-state index is 0.132. The predicted molar refractivity (Wildman–Crippen MR) is 135 cm³/mol. The molecule has 1 aliphatic heterocycles. The maximum atomic E-state index is 12.3. The first-order valence-electron chi connectivity index (χ1n) is 11.4. The summed E-state index contributed by atoms with van der Waals surface area (Å²) in [5.41, 5.74) is 10.2. The Hall–Kier alpha value is -2.20. The third-order valence-corrected chi connectivity index (χ3v) is 9.49. The van der Waals surface area contributed by atoms with E-state index in [1.54, 1.807) is 22.6 Å². The normalized spacial score (nSPS) is 16.1. The Morgan fingerprint density at radius 3 is 2.58 bits per heavy atom. The molecule has 0 radical (unpaired) electrons. The van der Waals surface area contributed by atoms with Gasteiger partial charge in [-0.3, -0.25) is 4.79 Å². The number of aromatic nitrogens is 1. The predicted octanol–water partition coefficient (Wildman–Crippen LogP) is 3.98. The molecule has 7 nitrogen and oxygen atoms in total. The summed E-state index contributed by atoms with van der Waals surface area (Å²) in [7, 11) is -1.07. The fourth-order valence-corrected chi connectivity index (χ4v) is 6.68. The van der Waals surface area contributed by atoms with Crippen LogP contribution in [0.15, 0.2) is 29.8 Å². The number of fused-ring (bicyclic) bond motifs is 1. The Morgan fingerprint density at radius 2 is 1.94 bits per heavy atom. The second-order valence-electron chi connectivity index (χ2n) is 8.76. The molecule has 0 saturated carbocycles. The van der Waals surface area contributed by atoms with E-state index in [-0.39, 0.29) is 11.7 Å². The number of sulfonamides is 1. The van der Waals surface area contributed by atoms with Gasteiger partial charge in [0, 0.05) is 36.1 Å². The third kappa shape index (κ3) is 4.87. The number of thiophene rings is 1. The van der Waals surface area contributed by atoms with Crippen LogP contribution in [0.25, 0.3) is 22.0 Å². The van der Waals surface area contributed by atoms with E-state index in [1.165, 1.54) is 4.88 Å². The zero-order valence-corrected chi connectivity index (χ0v) is 21.1. The van der Waals surface area contributed by atoms with Crippen LogP contribution in [0.1, 0.15) is 53.4 Å². The molecule has 2 aromatic heterocycles. The van der Waals surface area contributed by atoms with Crippen molar-refractivity contribution >= 4 is 38.2 Å². The monoisotopic (exact) mass is 488 g/mol. The van der Waals surface area contributed by atoms with E-state index in [0.29, 0.717) is 18.7 Å². The molecule has 1 saturated heterocycles. The first-order chi connectivity index (χ1) is 15.7. The first kappa shape index (κ1) is 23.9. The van der Waals surface area contributed by atoms with Crippen molar-refractivity contribution in [2.45, 2.75) is 39.2 Å². The zero-order chi connectivity index (χ0) is 23.8. The van der Waals surface area contributed by atoms with Gasteiger partial charge in [-0.15, -0.1) is 11.3 Å². The van der Waals surface area contributed by atoms with Crippen LogP contribution in [0.3, 0.4) is 0 Å². The number of primary amides is 1. The van der Waals surface area contributed by atoms with Gasteiger partial charge in [0.25, 0.3) is 5.91 Å². The number of rotatable bonds is 8. The van der Waals surface area contributed by atoms with Crippen molar-refractivity contribution in [1.29, 1.82) is 0 Å². The average Bonchev–Trinajstić information content (AvgIpc) is 3.45. The summed E-state index contributed by atoms with van der Waals surface area (Å²) >= 11 is 1.72. The number of amides is 1. The smallest absolute Gasteiger partial charge is 0.250 e. The molecule has 33 heavy (non-hydrogen) atoms. The lowest BCUT2D eigenvalue weighted by Gasteiger charge is -2.31. The lowest BCUT2D eigenvalue weighted by atomic mass is 9.88. The van der Waals surface area contributed by atoms with E-state index in [0.717, 1.165) is 53.5 Å². The number of nitrogens with two attached hydrogens (primary N) is 1. The lowest BCUT2D eigenvalue weighted by Crippen LogP contribution is -2.38. The fourth-order valence-electron chi connectivity index (χ4n) is 4.57. The molecule has 9 heteroatoms. The van der Waals surface area contributed by atoms with E-state index >= 15 is 0 Å². The maximum absolute atomic E-state index is 12.3. The number of carbonyl (C=O) groups excluding carboxylic acids is 1. The van der Waals surface area contributed by atoms with Crippen LogP contribution < -0.4 is 5.73 Å². The first-order valence-corrected chi connectivity index (χ1v) is 13.9. The van der Waals surface area contributed by atoms with E-state index in [9.17, 15) is 13.2 Å². The summed E-state index contributed by atoms with van der Waals surface area (Å²) in [6.45, 7) is 6.74. The summed E-state index contributed by atoms with van der Waals surface area (Å²) in [5.74, 6) is -0.0956. The summed E-state index contributed by atoms with van der Waals surface area (Å²) in [4.78, 5) is 19.1. The molecule has 4 rings (SSSR count). The Balaban J connectivity index is 1.68. The molecule has 1 aliphatic rings. The highest BCUT2D eigenvalue weighted by Crippen LogP contribution is 2.38. The van der Waals surface area contributed by atoms with Crippen molar-refractivity contribution < 1.29 is 13.2 Å². The van der Waals surface area contributed by atoms with E-state index in [4.69, 9.17) is 5.73 Å². The Labute approximate surface area is 199 Å². The SMILES string of the molecule is CCN(C)Cc1cc(-c2cc(C(N)=O)c3[nH]cc(C4CCN(S(=O)(=O)CC)CC4)c3c2)cs1. The standard InChI is InChI=1S/C24H32N4O3S2/c1-4-27(3)14-19-10-18(15-32-19)17-11-20-22(13-26-23(20)21(12-17)24(25)29)16-6-8-28(9-7-16)33(30,31)5-2/h10-13,15-16,26H,4-9,14H2,1-3H3,(H2,25,29). The highest BCUT2D eigenvalue weighted by atomic mass is 32.2. The molecular formula is C24H32N4O3S2. The molecular weight excluding hydrogens is 456 g/mol. The van der Waals surface area contributed by atoms with Crippen molar-refractivity contribution in [3.8, 4) is 11.1 Å². The fraction of sp³-hybridized carbons (Fsp3) is 0.458. The molecule has 0 spiro atoms. The van der Waals surface area contributed by atoms with Gasteiger partial charge >= 0.3 is 0 Å². The molecule has 1 fully saturated rings. The van der Waals surface area contributed by atoms with Gasteiger partial charge in [-0.05, 0) is 79.5 Å². The largest absolute Gasteiger partial charge is 0.366 e. The number of carbonyl (C=O) groups is 1. The molecule has 0 bridgehead atoms. The quantitative estimate of drug-likeness (QED) is 0.501. The highest BCUT2D eigenvalue weighted by Gasteiger charge is 2.29. The van der Waals surface area contributed by atoms with E-state index < -0.39 is 15.9 Å². The molecule has 1 aromatic carbocycles. The van der Waals surface area contributed by atoms with Gasteiger partial charge in [-0.2, -0.15) is 0 Å². The molecule has 3 N–H and O–H groups in total. The van der Waals surface area contributed by atoms with Crippen LogP contribution >= 0.6 is 11.3 Å². The zero-order valence-electron chi connectivity index (χ0n) is 19.4. The summed E-state index contributed by atoms with van der Waals surface area (Å²) in [6.07, 6.45) is 3.48. The second-order valence-corrected chi connectivity index (χ2v) is 12.0. The van der Waals surface area contributed by atoms with E-state index in [1.807, 2.05) is 12.3 Å². The van der Waals surface area contributed by atoms with Gasteiger partial charge in [0.15, 0.2) is 0 Å². The van der Waals surface area contributed by atoms with Crippen molar-refractivity contribution in [2.75, 3.05) is 32.4 Å². The minimum atomic E-state index is -3.16. The molecule has 3 aromatic rings. The van der Waals surface area contributed by atoms with Crippen molar-refractivity contribution in [3.63, 3.8) is 0 Å². The Kier molecular flexibility index (Phi) is 6.95. The number of nitrogens with one attached hydrogen (secondary N) is 1. The maximum Gasteiger partial charge on any atom is 0.250 e. The number of hydrogen-bond acceptors (Lipinski definition) is 5. The molecule has 0 unspecified atom stereocenters. The van der Waals surface area contributed by atoms with Crippen LogP contribution in [0, 0.1) is 0 Å². The van der Waals surface area contributed by atoms with Gasteiger partial charge in [0.2, 0.25) is 10.0 Å². The third-order valence-electron chi connectivity index (χ3n) is 6.69. The van der Waals surface area contributed by atoms with Crippen molar-refractivity contribution in [1.82, 2.24) is 14.2 Å². The Bertz CT molecular complexity index is 1250. The number of H-pyrrole nitrogens is 1. The van der Waals surface area contributed by atoms with Crippen LogP contribution in [-0.4, -0.2) is 60.9 Å². The van der Waals surface area contributed by atoms with Crippen LogP contribution in [-0.2, 0) is 16.6 Å². The second kappa shape index (κ2) is 9.58.